The summed E-state index contributed by atoms with van der Waals surface area (Å²) in [7, 11) is 0. The first kappa shape index (κ1) is 10.9. The molecule has 0 bridgehead atoms. The van der Waals surface area contributed by atoms with Gasteiger partial charge < -0.3 is 10.5 Å². The second-order valence-electron chi connectivity index (χ2n) is 4.76. The van der Waals surface area contributed by atoms with Crippen LogP contribution in [-0.4, -0.2) is 42.6 Å². The van der Waals surface area contributed by atoms with Crippen LogP contribution in [0.15, 0.2) is 0 Å². The maximum absolute atomic E-state index is 7.43. The van der Waals surface area contributed by atoms with Gasteiger partial charge in [-0.1, -0.05) is 6.92 Å². The van der Waals surface area contributed by atoms with E-state index in [1.807, 2.05) is 6.92 Å². The Morgan fingerprint density at radius 1 is 1.60 bits per heavy atom. The zero-order valence-corrected chi connectivity index (χ0v) is 9.41. The monoisotopic (exact) mass is 211 g/mol. The van der Waals surface area contributed by atoms with Gasteiger partial charge in [0.25, 0.3) is 0 Å². The molecule has 2 fully saturated rings. The van der Waals surface area contributed by atoms with Crippen molar-refractivity contribution < 1.29 is 4.74 Å². The molecule has 2 rings (SSSR count). The Hall–Kier alpha value is -0.610. The van der Waals surface area contributed by atoms with E-state index in [0.29, 0.717) is 18.0 Å². The zero-order valence-electron chi connectivity index (χ0n) is 9.41. The van der Waals surface area contributed by atoms with Crippen LogP contribution in [0.5, 0.6) is 0 Å². The summed E-state index contributed by atoms with van der Waals surface area (Å²) >= 11 is 0. The van der Waals surface area contributed by atoms with E-state index < -0.39 is 0 Å². The Bertz CT molecular complexity index is 244. The molecule has 4 nitrogen and oxygen atoms in total. The first-order chi connectivity index (χ1) is 7.18. The van der Waals surface area contributed by atoms with Crippen molar-refractivity contribution in [3.05, 3.63) is 0 Å². The number of hydrogen-bond acceptors (Lipinski definition) is 3. The molecule has 1 aliphatic carbocycles. The van der Waals surface area contributed by atoms with Crippen molar-refractivity contribution in [1.29, 1.82) is 5.41 Å². The van der Waals surface area contributed by atoms with E-state index >= 15 is 0 Å². The largest absolute Gasteiger partial charge is 0.387 e. The number of morpholine rings is 1. The highest BCUT2D eigenvalue weighted by Crippen LogP contribution is 2.29. The highest BCUT2D eigenvalue weighted by Gasteiger charge is 2.36. The summed E-state index contributed by atoms with van der Waals surface area (Å²) in [6.45, 7) is 4.78. The summed E-state index contributed by atoms with van der Waals surface area (Å²) in [5.74, 6) is 0.473. The van der Waals surface area contributed by atoms with Gasteiger partial charge in [0.1, 0.15) is 0 Å². The molecule has 0 aromatic rings. The van der Waals surface area contributed by atoms with Gasteiger partial charge in [-0.05, 0) is 19.3 Å². The molecule has 0 aromatic heterocycles. The van der Waals surface area contributed by atoms with Crippen molar-refractivity contribution in [3.8, 4) is 0 Å². The van der Waals surface area contributed by atoms with Gasteiger partial charge in [-0.15, -0.1) is 0 Å². The van der Waals surface area contributed by atoms with Crippen molar-refractivity contribution >= 4 is 5.84 Å². The van der Waals surface area contributed by atoms with Crippen molar-refractivity contribution in [3.63, 3.8) is 0 Å². The summed E-state index contributed by atoms with van der Waals surface area (Å²) in [5.41, 5.74) is 5.52. The molecule has 86 valence electrons. The molecule has 0 amide bonds. The van der Waals surface area contributed by atoms with E-state index in [9.17, 15) is 0 Å². The molecule has 4 heteroatoms. The van der Waals surface area contributed by atoms with Crippen LogP contribution < -0.4 is 5.73 Å². The maximum atomic E-state index is 7.43. The van der Waals surface area contributed by atoms with Crippen molar-refractivity contribution in [2.75, 3.05) is 19.7 Å². The quantitative estimate of drug-likeness (QED) is 0.536. The number of rotatable bonds is 3. The summed E-state index contributed by atoms with van der Waals surface area (Å²) in [6.07, 6.45) is 4.17. The number of nitrogens with zero attached hydrogens (tertiary/aromatic N) is 1. The topological polar surface area (TPSA) is 62.3 Å². The van der Waals surface area contributed by atoms with Crippen LogP contribution in [0.4, 0.5) is 0 Å². The summed E-state index contributed by atoms with van der Waals surface area (Å²) in [5, 5.41) is 7.43. The first-order valence-corrected chi connectivity index (χ1v) is 5.88. The SMILES string of the molecule is CC(CN1CCOC2CCCC21)C(=N)N. The molecule has 15 heavy (non-hydrogen) atoms. The van der Waals surface area contributed by atoms with E-state index in [-0.39, 0.29) is 5.92 Å². The van der Waals surface area contributed by atoms with E-state index in [0.717, 1.165) is 19.7 Å². The zero-order chi connectivity index (χ0) is 10.8. The van der Waals surface area contributed by atoms with E-state index in [4.69, 9.17) is 15.9 Å². The Labute approximate surface area is 91.3 Å². The number of ether oxygens (including phenoxy) is 1. The highest BCUT2D eigenvalue weighted by molar-refractivity contribution is 5.79. The standard InChI is InChI=1S/C11H21N3O/c1-8(11(12)13)7-14-5-6-15-10-4-2-3-9(10)14/h8-10H,2-7H2,1H3,(H3,12,13). The van der Waals surface area contributed by atoms with Crippen molar-refractivity contribution in [2.45, 2.75) is 38.3 Å². The molecule has 3 atom stereocenters. The summed E-state index contributed by atoms with van der Waals surface area (Å²) in [6, 6.07) is 0.584. The molecule has 2 aliphatic rings. The number of nitrogens with one attached hydrogen (secondary N) is 1. The molecule has 1 saturated heterocycles. The molecule has 1 aliphatic heterocycles. The molecule has 0 radical (unpaired) electrons. The van der Waals surface area contributed by atoms with Crippen molar-refractivity contribution in [2.24, 2.45) is 11.7 Å². The predicted octanol–water partition coefficient (Wildman–Crippen LogP) is 0.812. The second-order valence-corrected chi connectivity index (χ2v) is 4.76. The molecular weight excluding hydrogens is 190 g/mol. The Morgan fingerprint density at radius 2 is 2.40 bits per heavy atom. The lowest BCUT2D eigenvalue weighted by Gasteiger charge is -2.38. The number of amidine groups is 1. The average Bonchev–Trinajstić information content (AvgIpc) is 2.66. The van der Waals surface area contributed by atoms with Crippen LogP contribution >= 0.6 is 0 Å². The number of nitrogens with two attached hydrogens (primary N) is 1. The highest BCUT2D eigenvalue weighted by atomic mass is 16.5. The van der Waals surface area contributed by atoms with Crippen LogP contribution in [0.1, 0.15) is 26.2 Å². The van der Waals surface area contributed by atoms with Crippen LogP contribution in [0, 0.1) is 11.3 Å². The normalized spacial score (nSPS) is 33.7. The Morgan fingerprint density at radius 3 is 3.13 bits per heavy atom. The van der Waals surface area contributed by atoms with E-state index in [2.05, 4.69) is 4.90 Å². The fourth-order valence-electron chi connectivity index (χ4n) is 2.68. The predicted molar refractivity (Wildman–Crippen MR) is 60.0 cm³/mol. The lowest BCUT2D eigenvalue weighted by Crippen LogP contribution is -2.50. The fraction of sp³-hybridized carbons (Fsp3) is 0.909. The third-order valence-corrected chi connectivity index (χ3v) is 3.64. The first-order valence-electron chi connectivity index (χ1n) is 5.88. The van der Waals surface area contributed by atoms with Gasteiger partial charge in [0, 0.05) is 25.0 Å². The number of hydrogen-bond donors (Lipinski definition) is 2. The minimum absolute atomic E-state index is 0.171. The van der Waals surface area contributed by atoms with E-state index in [1.54, 1.807) is 0 Å². The molecule has 0 spiro atoms. The molecule has 3 unspecified atom stereocenters. The average molecular weight is 211 g/mol. The smallest absolute Gasteiger partial charge is 0.0947 e. The molecule has 3 N–H and O–H groups in total. The second kappa shape index (κ2) is 4.49. The maximum Gasteiger partial charge on any atom is 0.0947 e. The Balaban J connectivity index is 1.93. The third-order valence-electron chi connectivity index (χ3n) is 3.64. The van der Waals surface area contributed by atoms with Gasteiger partial charge in [-0.2, -0.15) is 0 Å². The van der Waals surface area contributed by atoms with Gasteiger partial charge in [-0.25, -0.2) is 0 Å². The van der Waals surface area contributed by atoms with Gasteiger partial charge in [0.05, 0.1) is 18.5 Å². The Kier molecular flexibility index (Phi) is 3.26. The van der Waals surface area contributed by atoms with Gasteiger partial charge in [-0.3, -0.25) is 10.3 Å². The van der Waals surface area contributed by atoms with Gasteiger partial charge in [0.15, 0.2) is 0 Å². The summed E-state index contributed by atoms with van der Waals surface area (Å²) < 4.78 is 5.75. The molecule has 1 heterocycles. The van der Waals surface area contributed by atoms with Gasteiger partial charge >= 0.3 is 0 Å². The van der Waals surface area contributed by atoms with Gasteiger partial charge in [0.2, 0.25) is 0 Å². The molecule has 0 aromatic carbocycles. The fourth-order valence-corrected chi connectivity index (χ4v) is 2.68. The molecule has 1 saturated carbocycles. The molecular formula is C11H21N3O. The van der Waals surface area contributed by atoms with Crippen LogP contribution in [0.25, 0.3) is 0 Å². The minimum Gasteiger partial charge on any atom is -0.387 e. The van der Waals surface area contributed by atoms with Crippen molar-refractivity contribution in [1.82, 2.24) is 4.90 Å². The van der Waals surface area contributed by atoms with Crippen LogP contribution in [0.2, 0.25) is 0 Å². The van der Waals surface area contributed by atoms with Crippen LogP contribution in [-0.2, 0) is 4.74 Å². The lowest BCUT2D eigenvalue weighted by atomic mass is 10.1. The number of fused-ring (bicyclic) bond motifs is 1. The van der Waals surface area contributed by atoms with E-state index in [1.165, 1.54) is 19.3 Å². The summed E-state index contributed by atoms with van der Waals surface area (Å²) in [4.78, 5) is 2.47. The van der Waals surface area contributed by atoms with Crippen LogP contribution in [0.3, 0.4) is 0 Å². The minimum atomic E-state index is 0.171. The third kappa shape index (κ3) is 2.32. The lowest BCUT2D eigenvalue weighted by molar-refractivity contribution is -0.0573.